The molecule has 0 spiro atoms. The van der Waals surface area contributed by atoms with Crippen molar-refractivity contribution < 1.29 is 38.7 Å². The first-order valence-electron chi connectivity index (χ1n) is 16.7. The van der Waals surface area contributed by atoms with Crippen molar-refractivity contribution in [1.29, 1.82) is 0 Å². The second-order valence-corrected chi connectivity index (χ2v) is 13.0. The number of primary amides is 1. The number of carbonyl (C=O) groups excluding carboxylic acids is 6. The van der Waals surface area contributed by atoms with Crippen LogP contribution >= 0.6 is 0 Å². The maximum atomic E-state index is 14.2. The number of amides is 6. The minimum absolute atomic E-state index is 0.0159. The molecule has 1 aliphatic rings. The Morgan fingerprint density at radius 1 is 0.840 bits per heavy atom. The van der Waals surface area contributed by atoms with Crippen molar-refractivity contribution in [3.8, 4) is 0 Å². The summed E-state index contributed by atoms with van der Waals surface area (Å²) in [6.45, 7) is 5.50. The highest BCUT2D eigenvalue weighted by atomic mass is 16.4. The molecular weight excluding hydrogens is 644 g/mol. The maximum absolute atomic E-state index is 14.2. The van der Waals surface area contributed by atoms with Gasteiger partial charge in [-0.1, -0.05) is 74.5 Å². The third-order valence-electron chi connectivity index (χ3n) is 8.55. The first-order valence-corrected chi connectivity index (χ1v) is 16.7. The Morgan fingerprint density at radius 2 is 1.40 bits per heavy atom. The van der Waals surface area contributed by atoms with Crippen LogP contribution in [0.25, 0.3) is 0 Å². The molecule has 14 heteroatoms. The lowest BCUT2D eigenvalue weighted by Gasteiger charge is -2.35. The standard InChI is InChI=1S/C36H48N6O8/c1-22(2)18-28(38-23(3)43)35(49)42-17-11-16-29(42)36(50)41(4)30(20-25-14-9-6-10-15-25)34(48)40-27(19-24-12-7-5-8-13-24)33(47)39-26(32(37)46)21-31(44)45/h5-10,12-15,22,26-30H,11,16-21H2,1-4H3,(H2,37,46)(H,38,43)(H,39,47)(H,40,48)(H,44,45)/t26-,27-,28-,29-,30-/m0/s1. The number of likely N-dealkylation sites (N-methyl/N-ethyl adjacent to an activating group) is 1. The zero-order chi connectivity index (χ0) is 37.0. The molecule has 1 saturated heterocycles. The predicted molar refractivity (Wildman–Crippen MR) is 184 cm³/mol. The molecule has 1 heterocycles. The summed E-state index contributed by atoms with van der Waals surface area (Å²) >= 11 is 0. The Hall–Kier alpha value is -5.27. The molecule has 50 heavy (non-hydrogen) atoms. The number of carboxylic acid groups (broad SMARTS) is 1. The smallest absolute Gasteiger partial charge is 0.305 e. The Bertz CT molecular complexity index is 1520. The minimum Gasteiger partial charge on any atom is -0.481 e. The molecule has 0 radical (unpaired) electrons. The van der Waals surface area contributed by atoms with E-state index in [1.54, 1.807) is 54.6 Å². The molecule has 0 unspecified atom stereocenters. The number of carboxylic acids is 1. The lowest BCUT2D eigenvalue weighted by Crippen LogP contribution is -2.60. The fourth-order valence-corrected chi connectivity index (χ4v) is 6.05. The van der Waals surface area contributed by atoms with Gasteiger partial charge in [-0.2, -0.15) is 0 Å². The van der Waals surface area contributed by atoms with E-state index in [4.69, 9.17) is 5.73 Å². The van der Waals surface area contributed by atoms with Crippen molar-refractivity contribution in [2.45, 2.75) is 89.5 Å². The molecule has 2 aromatic rings. The number of nitrogens with two attached hydrogens (primary N) is 1. The van der Waals surface area contributed by atoms with Crippen molar-refractivity contribution in [1.82, 2.24) is 25.8 Å². The topological polar surface area (TPSA) is 208 Å². The average Bonchev–Trinajstić information content (AvgIpc) is 3.55. The van der Waals surface area contributed by atoms with Gasteiger partial charge in [-0.15, -0.1) is 0 Å². The molecule has 14 nitrogen and oxygen atoms in total. The van der Waals surface area contributed by atoms with Crippen LogP contribution in [0.15, 0.2) is 60.7 Å². The van der Waals surface area contributed by atoms with Crippen molar-refractivity contribution in [2.75, 3.05) is 13.6 Å². The fourth-order valence-electron chi connectivity index (χ4n) is 6.05. The third kappa shape index (κ3) is 11.4. The van der Waals surface area contributed by atoms with Gasteiger partial charge >= 0.3 is 5.97 Å². The molecule has 2 aromatic carbocycles. The summed E-state index contributed by atoms with van der Waals surface area (Å²) in [5, 5.41) is 17.0. The summed E-state index contributed by atoms with van der Waals surface area (Å²) < 4.78 is 0. The number of aliphatic carboxylic acids is 1. The van der Waals surface area contributed by atoms with E-state index in [1.807, 2.05) is 19.9 Å². The number of nitrogens with zero attached hydrogens (tertiary/aromatic N) is 2. The van der Waals surface area contributed by atoms with Crippen LogP contribution < -0.4 is 21.7 Å². The van der Waals surface area contributed by atoms with Gasteiger partial charge in [-0.3, -0.25) is 33.6 Å². The molecular formula is C36H48N6O8. The van der Waals surface area contributed by atoms with Gasteiger partial charge < -0.3 is 36.6 Å². The van der Waals surface area contributed by atoms with Gasteiger partial charge in [-0.25, -0.2) is 0 Å². The molecule has 1 fully saturated rings. The highest BCUT2D eigenvalue weighted by Crippen LogP contribution is 2.23. The molecule has 5 atom stereocenters. The SMILES string of the molecule is CC(=O)N[C@@H](CC(C)C)C(=O)N1CCC[C@H]1C(=O)N(C)[C@@H](Cc1ccccc1)C(=O)N[C@@H](Cc1ccccc1)C(=O)N[C@@H](CC(=O)O)C(N)=O. The summed E-state index contributed by atoms with van der Waals surface area (Å²) in [7, 11) is 1.47. The van der Waals surface area contributed by atoms with E-state index in [0.29, 0.717) is 31.4 Å². The molecule has 0 aliphatic carbocycles. The predicted octanol–water partition coefficient (Wildman–Crippen LogP) is 0.770. The second-order valence-electron chi connectivity index (χ2n) is 13.0. The molecule has 6 amide bonds. The Morgan fingerprint density at radius 3 is 1.92 bits per heavy atom. The van der Waals surface area contributed by atoms with Crippen LogP contribution in [-0.2, 0) is 46.4 Å². The van der Waals surface area contributed by atoms with Crippen LogP contribution in [0.1, 0.15) is 57.6 Å². The van der Waals surface area contributed by atoms with Crippen molar-refractivity contribution in [2.24, 2.45) is 11.7 Å². The van der Waals surface area contributed by atoms with E-state index in [-0.39, 0.29) is 30.6 Å². The van der Waals surface area contributed by atoms with Crippen LogP contribution in [0.4, 0.5) is 0 Å². The van der Waals surface area contributed by atoms with Crippen LogP contribution in [-0.4, -0.2) is 100 Å². The summed E-state index contributed by atoms with van der Waals surface area (Å²) in [4.78, 5) is 93.5. The number of hydrogen-bond acceptors (Lipinski definition) is 7. The second kappa shape index (κ2) is 18.5. The summed E-state index contributed by atoms with van der Waals surface area (Å²) in [5.41, 5.74) is 6.75. The molecule has 1 aliphatic heterocycles. The van der Waals surface area contributed by atoms with E-state index in [0.717, 1.165) is 5.56 Å². The highest BCUT2D eigenvalue weighted by molar-refractivity contribution is 5.97. The number of likely N-dealkylation sites (tertiary alicyclic amines) is 1. The molecule has 0 saturated carbocycles. The molecule has 3 rings (SSSR count). The van der Waals surface area contributed by atoms with Crippen molar-refractivity contribution >= 4 is 41.4 Å². The first-order chi connectivity index (χ1) is 23.7. The normalized spacial score (nSPS) is 16.4. The monoisotopic (exact) mass is 692 g/mol. The van der Waals surface area contributed by atoms with Crippen LogP contribution in [0, 0.1) is 5.92 Å². The molecule has 0 bridgehead atoms. The maximum Gasteiger partial charge on any atom is 0.305 e. The van der Waals surface area contributed by atoms with Crippen LogP contribution in [0.2, 0.25) is 0 Å². The van der Waals surface area contributed by atoms with E-state index in [2.05, 4.69) is 16.0 Å². The Balaban J connectivity index is 1.93. The number of rotatable bonds is 17. The Labute approximate surface area is 292 Å². The van der Waals surface area contributed by atoms with Gasteiger partial charge in [0, 0.05) is 33.4 Å². The number of carbonyl (C=O) groups is 7. The molecule has 270 valence electrons. The van der Waals surface area contributed by atoms with Crippen molar-refractivity contribution in [3.63, 3.8) is 0 Å². The largest absolute Gasteiger partial charge is 0.481 e. The number of hydrogen-bond donors (Lipinski definition) is 5. The summed E-state index contributed by atoms with van der Waals surface area (Å²) in [6, 6.07) is 12.1. The van der Waals surface area contributed by atoms with Crippen LogP contribution in [0.5, 0.6) is 0 Å². The Kier molecular flexibility index (Phi) is 14.5. The third-order valence-corrected chi connectivity index (χ3v) is 8.55. The van der Waals surface area contributed by atoms with E-state index >= 15 is 0 Å². The van der Waals surface area contributed by atoms with E-state index in [9.17, 15) is 38.7 Å². The van der Waals surface area contributed by atoms with Gasteiger partial charge in [0.2, 0.25) is 35.4 Å². The summed E-state index contributed by atoms with van der Waals surface area (Å²) in [6.07, 6.45) is 0.602. The van der Waals surface area contributed by atoms with Gasteiger partial charge in [0.25, 0.3) is 0 Å². The molecule has 0 aromatic heterocycles. The van der Waals surface area contributed by atoms with Crippen molar-refractivity contribution in [3.05, 3.63) is 71.8 Å². The quantitative estimate of drug-likeness (QED) is 0.160. The lowest BCUT2D eigenvalue weighted by molar-refractivity contribution is -0.148. The van der Waals surface area contributed by atoms with Crippen LogP contribution in [0.3, 0.4) is 0 Å². The first kappa shape index (κ1) is 39.2. The number of benzene rings is 2. The highest BCUT2D eigenvalue weighted by Gasteiger charge is 2.41. The van der Waals surface area contributed by atoms with E-state index < -0.39 is 66.2 Å². The number of nitrogens with one attached hydrogen (secondary N) is 3. The molecule has 6 N–H and O–H groups in total. The lowest BCUT2D eigenvalue weighted by atomic mass is 10.00. The zero-order valence-corrected chi connectivity index (χ0v) is 29.0. The van der Waals surface area contributed by atoms with Gasteiger partial charge in [0.05, 0.1) is 6.42 Å². The summed E-state index contributed by atoms with van der Waals surface area (Å²) in [5.74, 6) is -5.03. The minimum atomic E-state index is -1.53. The van der Waals surface area contributed by atoms with Gasteiger partial charge in [0.15, 0.2) is 0 Å². The van der Waals surface area contributed by atoms with Gasteiger partial charge in [0.1, 0.15) is 30.2 Å². The fraction of sp³-hybridized carbons (Fsp3) is 0.472. The van der Waals surface area contributed by atoms with Gasteiger partial charge in [-0.05, 0) is 36.3 Å². The van der Waals surface area contributed by atoms with E-state index in [1.165, 1.54) is 23.8 Å². The zero-order valence-electron chi connectivity index (χ0n) is 29.0. The average molecular weight is 693 g/mol.